The largest absolute Gasteiger partial charge is 0.375 e. The van der Waals surface area contributed by atoms with Crippen LogP contribution in [0, 0.1) is 0 Å². The third-order valence-electron chi connectivity index (χ3n) is 4.60. The SMILES string of the molecule is CCC1(CC)CC(Nc2ncc3ccccc3n2)CCO1. The number of nitrogens with one attached hydrogen (secondary N) is 1. The molecule has 0 amide bonds. The molecule has 4 nitrogen and oxygen atoms in total. The molecule has 2 aromatic rings. The highest BCUT2D eigenvalue weighted by molar-refractivity contribution is 5.78. The van der Waals surface area contributed by atoms with E-state index in [9.17, 15) is 0 Å². The monoisotopic (exact) mass is 285 g/mol. The molecular formula is C17H23N3O. The maximum absolute atomic E-state index is 6.02. The van der Waals surface area contributed by atoms with E-state index in [1.165, 1.54) is 0 Å². The van der Waals surface area contributed by atoms with Crippen molar-refractivity contribution in [3.63, 3.8) is 0 Å². The van der Waals surface area contributed by atoms with Gasteiger partial charge >= 0.3 is 0 Å². The minimum absolute atomic E-state index is 0.0206. The van der Waals surface area contributed by atoms with Crippen molar-refractivity contribution in [2.75, 3.05) is 11.9 Å². The Morgan fingerprint density at radius 1 is 1.29 bits per heavy atom. The molecule has 0 saturated carbocycles. The molecule has 1 N–H and O–H groups in total. The summed E-state index contributed by atoms with van der Waals surface area (Å²) in [5.74, 6) is 0.724. The van der Waals surface area contributed by atoms with Gasteiger partial charge in [0, 0.05) is 24.2 Å². The van der Waals surface area contributed by atoms with E-state index < -0.39 is 0 Å². The lowest BCUT2D eigenvalue weighted by Gasteiger charge is -2.40. The van der Waals surface area contributed by atoms with Crippen LogP contribution in [-0.2, 0) is 4.74 Å². The molecule has 0 radical (unpaired) electrons. The Morgan fingerprint density at radius 2 is 2.10 bits per heavy atom. The van der Waals surface area contributed by atoms with E-state index in [2.05, 4.69) is 29.1 Å². The number of hydrogen-bond donors (Lipinski definition) is 1. The third-order valence-corrected chi connectivity index (χ3v) is 4.60. The number of nitrogens with zero attached hydrogens (tertiary/aromatic N) is 2. The van der Waals surface area contributed by atoms with Crippen LogP contribution in [0.1, 0.15) is 39.5 Å². The average molecular weight is 285 g/mol. The van der Waals surface area contributed by atoms with Crippen LogP contribution < -0.4 is 5.32 Å². The summed E-state index contributed by atoms with van der Waals surface area (Å²) in [6, 6.07) is 8.46. The summed E-state index contributed by atoms with van der Waals surface area (Å²) >= 11 is 0. The number of fused-ring (bicyclic) bond motifs is 1. The first-order valence-electron chi connectivity index (χ1n) is 7.87. The van der Waals surface area contributed by atoms with Crippen molar-refractivity contribution in [1.82, 2.24) is 9.97 Å². The van der Waals surface area contributed by atoms with Gasteiger partial charge in [-0.2, -0.15) is 0 Å². The lowest BCUT2D eigenvalue weighted by atomic mass is 9.86. The third kappa shape index (κ3) is 3.00. The summed E-state index contributed by atoms with van der Waals surface area (Å²) in [5.41, 5.74) is 1.01. The zero-order chi connectivity index (χ0) is 14.7. The molecule has 2 heterocycles. The van der Waals surface area contributed by atoms with Crippen LogP contribution in [0.5, 0.6) is 0 Å². The second-order valence-corrected chi connectivity index (χ2v) is 5.83. The molecule has 3 rings (SSSR count). The molecular weight excluding hydrogens is 262 g/mol. The van der Waals surface area contributed by atoms with Gasteiger partial charge in [-0.15, -0.1) is 0 Å². The first-order valence-corrected chi connectivity index (χ1v) is 7.87. The molecule has 1 unspecified atom stereocenters. The van der Waals surface area contributed by atoms with Gasteiger partial charge in [-0.25, -0.2) is 9.97 Å². The second-order valence-electron chi connectivity index (χ2n) is 5.83. The molecule has 0 aliphatic carbocycles. The maximum atomic E-state index is 6.02. The van der Waals surface area contributed by atoms with Crippen molar-refractivity contribution in [2.24, 2.45) is 0 Å². The summed E-state index contributed by atoms with van der Waals surface area (Å²) in [6.45, 7) is 5.23. The van der Waals surface area contributed by atoms with Crippen LogP contribution in [0.3, 0.4) is 0 Å². The summed E-state index contributed by atoms with van der Waals surface area (Å²) in [5, 5.41) is 4.57. The van der Waals surface area contributed by atoms with Gasteiger partial charge in [0.1, 0.15) is 0 Å². The van der Waals surface area contributed by atoms with Crippen molar-refractivity contribution in [3.8, 4) is 0 Å². The van der Waals surface area contributed by atoms with Crippen molar-refractivity contribution in [1.29, 1.82) is 0 Å². The molecule has 1 aliphatic rings. The standard InChI is InChI=1S/C17H23N3O/c1-3-17(4-2)11-14(9-10-21-17)19-16-18-12-13-7-5-6-8-15(13)20-16/h5-8,12,14H,3-4,9-11H2,1-2H3,(H,18,19,20). The number of para-hydroxylation sites is 1. The molecule has 1 saturated heterocycles. The van der Waals surface area contributed by atoms with Crippen LogP contribution in [-0.4, -0.2) is 28.2 Å². The molecule has 1 aromatic heterocycles. The topological polar surface area (TPSA) is 47.0 Å². The fourth-order valence-corrected chi connectivity index (χ4v) is 3.12. The van der Waals surface area contributed by atoms with Gasteiger partial charge in [0.05, 0.1) is 11.1 Å². The highest BCUT2D eigenvalue weighted by atomic mass is 16.5. The van der Waals surface area contributed by atoms with E-state index in [-0.39, 0.29) is 5.60 Å². The number of hydrogen-bond acceptors (Lipinski definition) is 4. The van der Waals surface area contributed by atoms with Gasteiger partial charge in [0.25, 0.3) is 0 Å². The van der Waals surface area contributed by atoms with Crippen molar-refractivity contribution < 1.29 is 4.74 Å². The number of anilines is 1. The van der Waals surface area contributed by atoms with E-state index in [4.69, 9.17) is 4.74 Å². The first-order chi connectivity index (χ1) is 10.2. The van der Waals surface area contributed by atoms with Gasteiger partial charge in [0.2, 0.25) is 5.95 Å². The Morgan fingerprint density at radius 3 is 2.90 bits per heavy atom. The summed E-state index contributed by atoms with van der Waals surface area (Å²) in [4.78, 5) is 9.04. The smallest absolute Gasteiger partial charge is 0.223 e. The first kappa shape index (κ1) is 14.3. The minimum Gasteiger partial charge on any atom is -0.375 e. The quantitative estimate of drug-likeness (QED) is 0.928. The molecule has 1 fully saturated rings. The molecule has 1 aromatic carbocycles. The normalized spacial score (nSPS) is 21.3. The molecule has 4 heteroatoms. The zero-order valence-electron chi connectivity index (χ0n) is 12.8. The summed E-state index contributed by atoms with van der Waals surface area (Å²) < 4.78 is 6.02. The lowest BCUT2D eigenvalue weighted by Crippen LogP contribution is -2.43. The Kier molecular flexibility index (Phi) is 4.06. The highest BCUT2D eigenvalue weighted by Gasteiger charge is 2.34. The predicted molar refractivity (Wildman–Crippen MR) is 85.4 cm³/mol. The molecule has 1 atom stereocenters. The molecule has 0 spiro atoms. The average Bonchev–Trinajstić information content (AvgIpc) is 2.55. The van der Waals surface area contributed by atoms with Crippen LogP contribution in [0.25, 0.3) is 10.9 Å². The Hall–Kier alpha value is -1.68. The molecule has 0 bridgehead atoms. The van der Waals surface area contributed by atoms with E-state index in [0.29, 0.717) is 6.04 Å². The number of rotatable bonds is 4. The second kappa shape index (κ2) is 5.98. The van der Waals surface area contributed by atoms with Crippen LogP contribution in [0.4, 0.5) is 5.95 Å². The summed E-state index contributed by atoms with van der Waals surface area (Å²) in [6.07, 6.45) is 6.03. The maximum Gasteiger partial charge on any atom is 0.223 e. The predicted octanol–water partition coefficient (Wildman–Crippen LogP) is 3.78. The lowest BCUT2D eigenvalue weighted by molar-refractivity contribution is -0.0865. The van der Waals surface area contributed by atoms with E-state index in [1.54, 1.807) is 0 Å². The number of ether oxygens (including phenoxy) is 1. The Bertz CT molecular complexity index is 610. The highest BCUT2D eigenvalue weighted by Crippen LogP contribution is 2.32. The molecule has 21 heavy (non-hydrogen) atoms. The molecule has 1 aliphatic heterocycles. The van der Waals surface area contributed by atoms with Gasteiger partial charge in [0.15, 0.2) is 0 Å². The van der Waals surface area contributed by atoms with Crippen molar-refractivity contribution >= 4 is 16.9 Å². The number of benzene rings is 1. The van der Waals surface area contributed by atoms with E-state index >= 15 is 0 Å². The fraction of sp³-hybridized carbons (Fsp3) is 0.529. The minimum atomic E-state index is 0.0206. The van der Waals surface area contributed by atoms with Crippen molar-refractivity contribution in [3.05, 3.63) is 30.5 Å². The Balaban J connectivity index is 1.75. The molecule has 112 valence electrons. The fourth-order valence-electron chi connectivity index (χ4n) is 3.12. The number of aromatic nitrogens is 2. The van der Waals surface area contributed by atoms with Gasteiger partial charge in [-0.1, -0.05) is 32.0 Å². The van der Waals surface area contributed by atoms with E-state index in [0.717, 1.165) is 49.1 Å². The Labute approximate surface area is 125 Å². The van der Waals surface area contributed by atoms with Crippen LogP contribution in [0.2, 0.25) is 0 Å². The van der Waals surface area contributed by atoms with Gasteiger partial charge in [-0.05, 0) is 31.7 Å². The van der Waals surface area contributed by atoms with Crippen LogP contribution >= 0.6 is 0 Å². The van der Waals surface area contributed by atoms with Crippen molar-refractivity contribution in [2.45, 2.75) is 51.2 Å². The van der Waals surface area contributed by atoms with Gasteiger partial charge < -0.3 is 10.1 Å². The van der Waals surface area contributed by atoms with Gasteiger partial charge in [-0.3, -0.25) is 0 Å². The summed E-state index contributed by atoms with van der Waals surface area (Å²) in [7, 11) is 0. The zero-order valence-corrected chi connectivity index (χ0v) is 12.8. The van der Waals surface area contributed by atoms with E-state index in [1.807, 2.05) is 30.5 Å². The van der Waals surface area contributed by atoms with Crippen LogP contribution in [0.15, 0.2) is 30.5 Å².